The number of ether oxygens (including phenoxy) is 1. The van der Waals surface area contributed by atoms with Crippen LogP contribution in [-0.4, -0.2) is 92.2 Å². The molecule has 0 radical (unpaired) electrons. The third-order valence-electron chi connectivity index (χ3n) is 7.88. The predicted molar refractivity (Wildman–Crippen MR) is 142 cm³/mol. The van der Waals surface area contributed by atoms with Crippen LogP contribution in [0, 0.1) is 0 Å². The molecule has 0 N–H and O–H groups in total. The summed E-state index contributed by atoms with van der Waals surface area (Å²) >= 11 is 0. The summed E-state index contributed by atoms with van der Waals surface area (Å²) in [6.45, 7) is 11.1. The molecule has 3 aliphatic rings. The highest BCUT2D eigenvalue weighted by Crippen LogP contribution is 2.27. The van der Waals surface area contributed by atoms with Gasteiger partial charge in [-0.1, -0.05) is 37.6 Å². The van der Waals surface area contributed by atoms with Gasteiger partial charge in [-0.25, -0.2) is 0 Å². The summed E-state index contributed by atoms with van der Waals surface area (Å²) in [6, 6.07) is 18.0. The van der Waals surface area contributed by atoms with Crippen molar-refractivity contribution in [2.45, 2.75) is 38.6 Å². The fourth-order valence-electron chi connectivity index (χ4n) is 5.37. The number of hydrogen-bond donors (Lipinski definition) is 0. The van der Waals surface area contributed by atoms with Gasteiger partial charge in [-0.15, -0.1) is 0 Å². The summed E-state index contributed by atoms with van der Waals surface area (Å²) in [5, 5.41) is 0. The lowest BCUT2D eigenvalue weighted by molar-refractivity contribution is -0.134. The molecule has 0 atom stereocenters. The normalized spacial score (nSPS) is 20.0. The maximum atomic E-state index is 12.9. The number of benzene rings is 2. The minimum absolute atomic E-state index is 0.308. The van der Waals surface area contributed by atoms with Crippen LogP contribution < -0.4 is 9.64 Å². The first-order chi connectivity index (χ1) is 17.2. The van der Waals surface area contributed by atoms with Crippen molar-refractivity contribution in [3.05, 3.63) is 48.5 Å². The predicted octanol–water partition coefficient (Wildman–Crippen LogP) is 3.96. The van der Waals surface area contributed by atoms with Crippen molar-refractivity contribution in [1.82, 2.24) is 14.7 Å². The number of hydrogen-bond acceptors (Lipinski definition) is 5. The molecule has 6 heteroatoms. The second kappa shape index (κ2) is 11.4. The molecule has 1 saturated carbocycles. The van der Waals surface area contributed by atoms with E-state index in [0.29, 0.717) is 12.5 Å². The van der Waals surface area contributed by atoms with Crippen molar-refractivity contribution in [3.63, 3.8) is 0 Å². The molecule has 3 fully saturated rings. The third kappa shape index (κ3) is 5.99. The Hall–Kier alpha value is -2.57. The van der Waals surface area contributed by atoms with Gasteiger partial charge in [-0.2, -0.15) is 0 Å². The van der Waals surface area contributed by atoms with Crippen molar-refractivity contribution < 1.29 is 9.53 Å². The Kier molecular flexibility index (Phi) is 7.89. The summed E-state index contributed by atoms with van der Waals surface area (Å²) < 4.78 is 5.69. The van der Waals surface area contributed by atoms with E-state index >= 15 is 0 Å². The van der Waals surface area contributed by atoms with E-state index in [-0.39, 0.29) is 0 Å². The van der Waals surface area contributed by atoms with Crippen LogP contribution >= 0.6 is 0 Å². The second-order valence-corrected chi connectivity index (χ2v) is 10.2. The molecule has 2 aromatic carbocycles. The van der Waals surface area contributed by atoms with Gasteiger partial charge in [0, 0.05) is 64.1 Å². The van der Waals surface area contributed by atoms with Crippen LogP contribution in [0.15, 0.2) is 48.5 Å². The minimum Gasteiger partial charge on any atom is -0.494 e. The first-order valence-corrected chi connectivity index (χ1v) is 13.5. The third-order valence-corrected chi connectivity index (χ3v) is 7.88. The summed E-state index contributed by atoms with van der Waals surface area (Å²) in [6.07, 6.45) is 5.10. The lowest BCUT2D eigenvalue weighted by atomic mass is 9.91. The Balaban J connectivity index is 1.07. The highest BCUT2D eigenvalue weighted by Gasteiger charge is 2.30. The van der Waals surface area contributed by atoms with Gasteiger partial charge in [0.15, 0.2) is 0 Å². The van der Waals surface area contributed by atoms with Crippen LogP contribution in [0.1, 0.15) is 32.6 Å². The molecule has 0 unspecified atom stereocenters. The zero-order valence-corrected chi connectivity index (χ0v) is 21.2. The van der Waals surface area contributed by atoms with Crippen LogP contribution in [0.3, 0.4) is 0 Å². The molecule has 2 aliphatic heterocycles. The first kappa shape index (κ1) is 24.1. The van der Waals surface area contributed by atoms with Crippen molar-refractivity contribution in [2.24, 2.45) is 0 Å². The van der Waals surface area contributed by atoms with Gasteiger partial charge in [0.2, 0.25) is 5.91 Å². The average Bonchev–Trinajstić information content (AvgIpc) is 2.88. The summed E-state index contributed by atoms with van der Waals surface area (Å²) in [7, 11) is 0. The molecule has 0 bridgehead atoms. The van der Waals surface area contributed by atoms with E-state index in [1.165, 1.54) is 36.1 Å². The Morgan fingerprint density at radius 1 is 0.829 bits per heavy atom. The number of nitrogens with zero attached hydrogens (tertiary/aromatic N) is 4. The molecule has 1 aliphatic carbocycles. The van der Waals surface area contributed by atoms with Gasteiger partial charge in [-0.05, 0) is 54.7 Å². The Morgan fingerprint density at radius 2 is 1.46 bits per heavy atom. The van der Waals surface area contributed by atoms with Crippen molar-refractivity contribution in [2.75, 3.05) is 70.4 Å². The number of amides is 1. The smallest absolute Gasteiger partial charge is 0.236 e. The maximum Gasteiger partial charge on any atom is 0.236 e. The number of carbonyl (C=O) groups excluding carboxylic acids is 1. The van der Waals surface area contributed by atoms with Crippen molar-refractivity contribution in [1.29, 1.82) is 0 Å². The van der Waals surface area contributed by atoms with Crippen LogP contribution in [0.2, 0.25) is 0 Å². The van der Waals surface area contributed by atoms with E-state index in [9.17, 15) is 4.79 Å². The van der Waals surface area contributed by atoms with E-state index < -0.39 is 0 Å². The minimum atomic E-state index is 0.308. The average molecular weight is 477 g/mol. The summed E-state index contributed by atoms with van der Waals surface area (Å²) in [5.41, 5.74) is 3.68. The van der Waals surface area contributed by atoms with Gasteiger partial charge >= 0.3 is 0 Å². The number of carbonyl (C=O) groups is 1. The van der Waals surface area contributed by atoms with Crippen LogP contribution in [0.25, 0.3) is 11.1 Å². The fourth-order valence-corrected chi connectivity index (χ4v) is 5.37. The Morgan fingerprint density at radius 3 is 2.03 bits per heavy atom. The molecule has 2 aromatic rings. The summed E-state index contributed by atoms with van der Waals surface area (Å²) in [4.78, 5) is 22.3. The molecular formula is C29H40N4O2. The standard InChI is InChI=1S/C29H40N4O2/c1-2-22-35-28-12-8-25(9-13-28)24-6-10-27(11-7-24)31-16-14-30(15-17-31)23-29(34)33-20-18-32(19-21-33)26-4-3-5-26/h6-13,26H,2-5,14-23H2,1H3. The molecule has 35 heavy (non-hydrogen) atoms. The number of piperazine rings is 2. The zero-order valence-electron chi connectivity index (χ0n) is 21.2. The fraction of sp³-hybridized carbons (Fsp3) is 0.552. The van der Waals surface area contributed by atoms with Gasteiger partial charge < -0.3 is 14.5 Å². The summed E-state index contributed by atoms with van der Waals surface area (Å²) in [5.74, 6) is 1.24. The lowest BCUT2D eigenvalue weighted by Crippen LogP contribution is -2.56. The molecule has 2 saturated heterocycles. The Labute approximate surface area is 210 Å². The second-order valence-electron chi connectivity index (χ2n) is 10.2. The van der Waals surface area contributed by atoms with E-state index in [0.717, 1.165) is 77.2 Å². The van der Waals surface area contributed by atoms with Crippen LogP contribution in [0.5, 0.6) is 5.75 Å². The molecular weight excluding hydrogens is 436 g/mol. The van der Waals surface area contributed by atoms with Gasteiger partial charge in [0.25, 0.3) is 0 Å². The van der Waals surface area contributed by atoms with Gasteiger partial charge in [0.05, 0.1) is 13.2 Å². The molecule has 0 spiro atoms. The van der Waals surface area contributed by atoms with Crippen molar-refractivity contribution >= 4 is 11.6 Å². The van der Waals surface area contributed by atoms with Gasteiger partial charge in [0.1, 0.15) is 5.75 Å². The molecule has 2 heterocycles. The molecule has 6 nitrogen and oxygen atoms in total. The molecule has 0 aromatic heterocycles. The highest BCUT2D eigenvalue weighted by atomic mass is 16.5. The lowest BCUT2D eigenvalue weighted by Gasteiger charge is -2.43. The number of anilines is 1. The zero-order chi connectivity index (χ0) is 24.0. The largest absolute Gasteiger partial charge is 0.494 e. The first-order valence-electron chi connectivity index (χ1n) is 13.5. The molecule has 1 amide bonds. The quantitative estimate of drug-likeness (QED) is 0.577. The molecule has 5 rings (SSSR count). The Bertz CT molecular complexity index is 942. The van der Waals surface area contributed by atoms with Crippen LogP contribution in [0.4, 0.5) is 5.69 Å². The maximum absolute atomic E-state index is 12.9. The highest BCUT2D eigenvalue weighted by molar-refractivity contribution is 5.78. The van der Waals surface area contributed by atoms with E-state index in [1.807, 2.05) is 12.1 Å². The SMILES string of the molecule is CCCOc1ccc(-c2ccc(N3CCN(CC(=O)N4CCN(C5CCC5)CC4)CC3)cc2)cc1. The molecule has 188 valence electrons. The van der Waals surface area contributed by atoms with E-state index in [2.05, 4.69) is 62.9 Å². The van der Waals surface area contributed by atoms with Crippen LogP contribution in [-0.2, 0) is 4.79 Å². The van der Waals surface area contributed by atoms with Gasteiger partial charge in [-0.3, -0.25) is 14.6 Å². The van der Waals surface area contributed by atoms with E-state index in [4.69, 9.17) is 4.74 Å². The van der Waals surface area contributed by atoms with E-state index in [1.54, 1.807) is 0 Å². The van der Waals surface area contributed by atoms with Crippen molar-refractivity contribution in [3.8, 4) is 16.9 Å². The topological polar surface area (TPSA) is 39.3 Å². The monoisotopic (exact) mass is 476 g/mol. The number of rotatable bonds is 8.